The van der Waals surface area contributed by atoms with Crippen LogP contribution in [0.4, 0.5) is 4.39 Å². The minimum atomic E-state index is -0.305. The lowest BCUT2D eigenvalue weighted by Gasteiger charge is -2.06. The Hall–Kier alpha value is -2.93. The van der Waals surface area contributed by atoms with Gasteiger partial charge in [0.25, 0.3) is 5.91 Å². The van der Waals surface area contributed by atoms with Crippen LogP contribution in [0.5, 0.6) is 11.5 Å². The third kappa shape index (κ3) is 4.80. The van der Waals surface area contributed by atoms with Gasteiger partial charge >= 0.3 is 0 Å². The van der Waals surface area contributed by atoms with E-state index in [9.17, 15) is 9.18 Å². The first-order valence-electron chi connectivity index (χ1n) is 7.88. The van der Waals surface area contributed by atoms with Crippen LogP contribution in [0.2, 0.25) is 0 Å². The van der Waals surface area contributed by atoms with E-state index in [0.29, 0.717) is 28.7 Å². The Bertz CT molecular complexity index is 881. The summed E-state index contributed by atoms with van der Waals surface area (Å²) in [4.78, 5) is 16.4. The molecule has 26 heavy (non-hydrogen) atoms. The number of hydrogen-bond donors (Lipinski definition) is 1. The molecule has 0 aliphatic carbocycles. The Balaban J connectivity index is 1.53. The van der Waals surface area contributed by atoms with E-state index < -0.39 is 0 Å². The van der Waals surface area contributed by atoms with Gasteiger partial charge in [-0.15, -0.1) is 11.3 Å². The van der Waals surface area contributed by atoms with Gasteiger partial charge in [0.15, 0.2) is 0 Å². The number of aromatic nitrogens is 1. The van der Waals surface area contributed by atoms with Crippen molar-refractivity contribution in [1.82, 2.24) is 10.3 Å². The van der Waals surface area contributed by atoms with Crippen molar-refractivity contribution >= 4 is 17.2 Å². The lowest BCUT2D eigenvalue weighted by atomic mass is 10.2. The molecule has 3 rings (SSSR count). The molecule has 0 spiro atoms. The molecule has 0 aliphatic heterocycles. The summed E-state index contributed by atoms with van der Waals surface area (Å²) in [5.74, 6) is 0.794. The van der Waals surface area contributed by atoms with Crippen molar-refractivity contribution in [3.05, 3.63) is 76.0 Å². The maximum atomic E-state index is 12.9. The minimum Gasteiger partial charge on any atom is -0.497 e. The Morgan fingerprint density at radius 2 is 1.96 bits per heavy atom. The second-order valence-corrected chi connectivity index (χ2v) is 6.35. The minimum absolute atomic E-state index is 0.267. The Kier molecular flexibility index (Phi) is 5.80. The molecule has 0 atom stereocenters. The summed E-state index contributed by atoms with van der Waals surface area (Å²) in [5, 5.41) is 5.14. The number of carbonyl (C=O) groups is 1. The molecular formula is C19H17FN2O3S. The van der Waals surface area contributed by atoms with Crippen LogP contribution in [0.25, 0.3) is 0 Å². The monoisotopic (exact) mass is 372 g/mol. The van der Waals surface area contributed by atoms with E-state index in [-0.39, 0.29) is 18.3 Å². The fourth-order valence-electron chi connectivity index (χ4n) is 2.19. The maximum Gasteiger partial charge on any atom is 0.271 e. The number of amides is 1. The third-order valence-electron chi connectivity index (χ3n) is 3.55. The largest absolute Gasteiger partial charge is 0.497 e. The number of nitrogens with one attached hydrogen (secondary N) is 1. The zero-order valence-corrected chi connectivity index (χ0v) is 14.9. The van der Waals surface area contributed by atoms with Gasteiger partial charge in [0.1, 0.15) is 34.6 Å². The average molecular weight is 372 g/mol. The third-order valence-corrected chi connectivity index (χ3v) is 4.38. The first-order chi connectivity index (χ1) is 12.6. The van der Waals surface area contributed by atoms with Crippen molar-refractivity contribution in [3.8, 4) is 11.5 Å². The van der Waals surface area contributed by atoms with E-state index in [1.165, 1.54) is 23.5 Å². The van der Waals surface area contributed by atoms with Crippen molar-refractivity contribution in [3.63, 3.8) is 0 Å². The zero-order valence-electron chi connectivity index (χ0n) is 14.1. The Morgan fingerprint density at radius 3 is 2.73 bits per heavy atom. The van der Waals surface area contributed by atoms with E-state index in [1.807, 2.05) is 18.2 Å². The summed E-state index contributed by atoms with van der Waals surface area (Å²) in [6.07, 6.45) is 0. The van der Waals surface area contributed by atoms with Crippen LogP contribution in [-0.2, 0) is 13.2 Å². The molecule has 0 radical (unpaired) electrons. The summed E-state index contributed by atoms with van der Waals surface area (Å²) < 4.78 is 23.7. The number of nitrogens with zero attached hydrogens (tertiary/aromatic N) is 1. The van der Waals surface area contributed by atoms with Crippen molar-refractivity contribution in [1.29, 1.82) is 0 Å². The number of benzene rings is 2. The summed E-state index contributed by atoms with van der Waals surface area (Å²) in [5.41, 5.74) is 1.15. The molecule has 0 unspecified atom stereocenters. The molecule has 1 heterocycles. The summed E-state index contributed by atoms with van der Waals surface area (Å²) in [7, 11) is 1.59. The predicted molar refractivity (Wildman–Crippen MR) is 97.0 cm³/mol. The van der Waals surface area contributed by atoms with Crippen LogP contribution < -0.4 is 14.8 Å². The SMILES string of the molecule is COc1cccc(OCc2nc(C(=O)NCc3ccc(F)cc3)cs2)c1. The molecule has 0 saturated carbocycles. The zero-order chi connectivity index (χ0) is 18.4. The number of halogens is 1. The molecule has 1 aromatic heterocycles. The van der Waals surface area contributed by atoms with Crippen molar-refractivity contribution in [2.75, 3.05) is 7.11 Å². The highest BCUT2D eigenvalue weighted by Gasteiger charge is 2.11. The van der Waals surface area contributed by atoms with Gasteiger partial charge in [0.2, 0.25) is 0 Å². The molecule has 1 N–H and O–H groups in total. The van der Waals surface area contributed by atoms with E-state index in [4.69, 9.17) is 9.47 Å². The normalized spacial score (nSPS) is 10.4. The van der Waals surface area contributed by atoms with Gasteiger partial charge in [-0.1, -0.05) is 18.2 Å². The van der Waals surface area contributed by atoms with Crippen molar-refractivity contribution in [2.45, 2.75) is 13.2 Å². The molecule has 2 aromatic carbocycles. The summed E-state index contributed by atoms with van der Waals surface area (Å²) in [6, 6.07) is 13.3. The number of rotatable bonds is 7. The summed E-state index contributed by atoms with van der Waals surface area (Å²) >= 11 is 1.35. The maximum absolute atomic E-state index is 12.9. The molecule has 1 amide bonds. The van der Waals surface area contributed by atoms with Crippen LogP contribution in [-0.4, -0.2) is 18.0 Å². The van der Waals surface area contributed by atoms with Gasteiger partial charge < -0.3 is 14.8 Å². The molecule has 134 valence electrons. The molecule has 0 bridgehead atoms. The van der Waals surface area contributed by atoms with E-state index >= 15 is 0 Å². The fourth-order valence-corrected chi connectivity index (χ4v) is 2.88. The number of hydrogen-bond acceptors (Lipinski definition) is 5. The highest BCUT2D eigenvalue weighted by atomic mass is 32.1. The lowest BCUT2D eigenvalue weighted by Crippen LogP contribution is -2.23. The van der Waals surface area contributed by atoms with Crippen LogP contribution in [0.15, 0.2) is 53.9 Å². The van der Waals surface area contributed by atoms with Gasteiger partial charge in [-0.2, -0.15) is 0 Å². The van der Waals surface area contributed by atoms with Crippen LogP contribution in [0, 0.1) is 5.82 Å². The van der Waals surface area contributed by atoms with E-state index in [1.54, 1.807) is 30.7 Å². The average Bonchev–Trinajstić information content (AvgIpc) is 3.15. The van der Waals surface area contributed by atoms with Crippen molar-refractivity contribution in [2.24, 2.45) is 0 Å². The highest BCUT2D eigenvalue weighted by Crippen LogP contribution is 2.20. The quantitative estimate of drug-likeness (QED) is 0.685. The summed E-state index contributed by atoms with van der Waals surface area (Å²) in [6.45, 7) is 0.579. The smallest absolute Gasteiger partial charge is 0.271 e. The lowest BCUT2D eigenvalue weighted by molar-refractivity contribution is 0.0946. The molecule has 3 aromatic rings. The van der Waals surface area contributed by atoms with E-state index in [0.717, 1.165) is 5.56 Å². The van der Waals surface area contributed by atoms with Gasteiger partial charge in [-0.3, -0.25) is 4.79 Å². The van der Waals surface area contributed by atoms with Gasteiger partial charge in [0.05, 0.1) is 7.11 Å². The second-order valence-electron chi connectivity index (χ2n) is 5.40. The van der Waals surface area contributed by atoms with Crippen LogP contribution in [0.1, 0.15) is 21.1 Å². The van der Waals surface area contributed by atoms with Crippen LogP contribution >= 0.6 is 11.3 Å². The molecule has 0 fully saturated rings. The highest BCUT2D eigenvalue weighted by molar-refractivity contribution is 7.09. The van der Waals surface area contributed by atoms with Gasteiger partial charge in [-0.05, 0) is 29.8 Å². The topological polar surface area (TPSA) is 60.5 Å². The van der Waals surface area contributed by atoms with Gasteiger partial charge in [0, 0.05) is 18.0 Å². The Morgan fingerprint density at radius 1 is 1.19 bits per heavy atom. The number of thiazole rings is 1. The van der Waals surface area contributed by atoms with Crippen LogP contribution in [0.3, 0.4) is 0 Å². The molecule has 0 aliphatic rings. The Labute approximate surface area is 154 Å². The number of ether oxygens (including phenoxy) is 2. The predicted octanol–water partition coefficient (Wildman–Crippen LogP) is 3.80. The molecule has 0 saturated heterocycles. The number of methoxy groups -OCH3 is 1. The van der Waals surface area contributed by atoms with E-state index in [2.05, 4.69) is 10.3 Å². The standard InChI is InChI=1S/C19H17FN2O3S/c1-24-15-3-2-4-16(9-15)25-11-18-22-17(12-26-18)19(23)21-10-13-5-7-14(20)8-6-13/h2-9,12H,10-11H2,1H3,(H,21,23). The van der Waals surface area contributed by atoms with Gasteiger partial charge in [-0.25, -0.2) is 9.37 Å². The van der Waals surface area contributed by atoms with Crippen molar-refractivity contribution < 1.29 is 18.7 Å². The molecule has 7 heteroatoms. The molecular weight excluding hydrogens is 355 g/mol. The molecule has 5 nitrogen and oxygen atoms in total. The second kappa shape index (κ2) is 8.44. The first kappa shape index (κ1) is 17.9. The fraction of sp³-hybridized carbons (Fsp3) is 0.158. The number of carbonyl (C=O) groups excluding carboxylic acids is 1. The first-order valence-corrected chi connectivity index (χ1v) is 8.76.